The Bertz CT molecular complexity index is 1080. The minimum Gasteiger partial charge on any atom is -0.450 e. The summed E-state index contributed by atoms with van der Waals surface area (Å²) >= 11 is 0. The average Bonchev–Trinajstić information content (AvgIpc) is 2.89. The summed E-state index contributed by atoms with van der Waals surface area (Å²) in [7, 11) is 0. The van der Waals surface area contributed by atoms with E-state index in [0.717, 1.165) is 0 Å². The van der Waals surface area contributed by atoms with Crippen LogP contribution in [0.3, 0.4) is 0 Å². The minimum absolute atomic E-state index is 0.121. The predicted octanol–water partition coefficient (Wildman–Crippen LogP) is 2.99. The lowest BCUT2D eigenvalue weighted by atomic mass is 10.1. The summed E-state index contributed by atoms with van der Waals surface area (Å²) in [5.74, 6) is -0.472. The predicted molar refractivity (Wildman–Crippen MR) is 96.5 cm³/mol. The van der Waals surface area contributed by atoms with Gasteiger partial charge in [-0.15, -0.1) is 0 Å². The summed E-state index contributed by atoms with van der Waals surface area (Å²) in [6.07, 6.45) is -0.761. The van der Waals surface area contributed by atoms with Crippen LogP contribution in [0.2, 0.25) is 0 Å². The number of carbonyl (C=O) groups is 2. The van der Waals surface area contributed by atoms with Gasteiger partial charge >= 0.3 is 5.97 Å². The van der Waals surface area contributed by atoms with E-state index in [2.05, 4.69) is 15.0 Å². The number of esters is 1. The number of ketones is 1. The molecule has 0 aliphatic carbocycles. The van der Waals surface area contributed by atoms with Crippen LogP contribution >= 0.6 is 0 Å². The Balaban J connectivity index is 1.90. The van der Waals surface area contributed by atoms with Crippen molar-refractivity contribution in [3.8, 4) is 0 Å². The third-order valence-electron chi connectivity index (χ3n) is 4.29. The van der Waals surface area contributed by atoms with Crippen LogP contribution in [0.25, 0.3) is 10.9 Å². The first kappa shape index (κ1) is 17.6. The first-order valence-electron chi connectivity index (χ1n) is 8.19. The van der Waals surface area contributed by atoms with E-state index in [4.69, 9.17) is 4.74 Å². The number of nitrogens with one attached hydrogen (secondary N) is 2. The van der Waals surface area contributed by atoms with Crippen molar-refractivity contribution in [2.75, 3.05) is 0 Å². The first-order chi connectivity index (χ1) is 12.3. The van der Waals surface area contributed by atoms with Crippen LogP contribution in [0.15, 0.2) is 29.1 Å². The molecule has 0 saturated carbocycles. The summed E-state index contributed by atoms with van der Waals surface area (Å²) in [5, 5.41) is 0.469. The smallest absolute Gasteiger partial charge is 0.355 e. The maximum atomic E-state index is 12.5. The maximum absolute atomic E-state index is 12.5. The lowest BCUT2D eigenvalue weighted by molar-refractivity contribution is 0.0312. The van der Waals surface area contributed by atoms with Gasteiger partial charge in [0.25, 0.3) is 5.56 Å². The maximum Gasteiger partial charge on any atom is 0.355 e. The Morgan fingerprint density at radius 3 is 2.50 bits per heavy atom. The molecule has 3 aromatic rings. The molecule has 1 atom stereocenters. The molecule has 0 fully saturated rings. The highest BCUT2D eigenvalue weighted by Gasteiger charge is 2.23. The molecule has 3 rings (SSSR count). The number of aromatic amines is 2. The van der Waals surface area contributed by atoms with Gasteiger partial charge in [0.05, 0.1) is 10.9 Å². The fourth-order valence-corrected chi connectivity index (χ4v) is 3.05. The van der Waals surface area contributed by atoms with Gasteiger partial charge in [0, 0.05) is 11.3 Å². The molecule has 0 aliphatic rings. The number of aromatic nitrogens is 3. The summed E-state index contributed by atoms with van der Waals surface area (Å²) in [4.78, 5) is 46.3. The van der Waals surface area contributed by atoms with Gasteiger partial charge in [0.1, 0.15) is 5.69 Å². The molecule has 0 radical (unpaired) electrons. The van der Waals surface area contributed by atoms with Crippen molar-refractivity contribution in [2.45, 2.75) is 33.8 Å². The van der Waals surface area contributed by atoms with E-state index in [1.807, 2.05) is 0 Å². The summed E-state index contributed by atoms with van der Waals surface area (Å²) < 4.78 is 5.44. The van der Waals surface area contributed by atoms with E-state index in [9.17, 15) is 14.4 Å². The lowest BCUT2D eigenvalue weighted by Crippen LogP contribution is -2.18. The molecule has 26 heavy (non-hydrogen) atoms. The van der Waals surface area contributed by atoms with Gasteiger partial charge in [-0.05, 0) is 45.4 Å². The largest absolute Gasteiger partial charge is 0.450 e. The van der Waals surface area contributed by atoms with E-state index < -0.39 is 12.1 Å². The van der Waals surface area contributed by atoms with Crippen LogP contribution in [0.4, 0.5) is 0 Å². The third kappa shape index (κ3) is 3.03. The Hall–Kier alpha value is -3.22. The molecule has 0 bridgehead atoms. The van der Waals surface area contributed by atoms with Crippen molar-refractivity contribution in [3.63, 3.8) is 0 Å². The van der Waals surface area contributed by atoms with E-state index in [-0.39, 0.29) is 22.9 Å². The second-order valence-corrected chi connectivity index (χ2v) is 6.20. The Morgan fingerprint density at radius 2 is 1.85 bits per heavy atom. The third-order valence-corrected chi connectivity index (χ3v) is 4.29. The number of para-hydroxylation sites is 1. The average molecular weight is 353 g/mol. The number of aryl methyl sites for hydroxylation is 1. The second kappa shape index (κ2) is 6.59. The fraction of sp³-hybridized carbons (Fsp3) is 0.263. The molecule has 7 nitrogen and oxygen atoms in total. The lowest BCUT2D eigenvalue weighted by Gasteiger charge is -2.13. The first-order valence-corrected chi connectivity index (χ1v) is 8.19. The van der Waals surface area contributed by atoms with Crippen molar-refractivity contribution >= 4 is 22.7 Å². The molecule has 2 heterocycles. The number of carbonyl (C=O) groups excluding carboxylic acids is 2. The molecule has 2 N–H and O–H groups in total. The number of fused-ring (bicyclic) bond motifs is 1. The Labute approximate surface area is 149 Å². The number of benzene rings is 1. The van der Waals surface area contributed by atoms with Gasteiger partial charge in [-0.2, -0.15) is 0 Å². The van der Waals surface area contributed by atoms with Gasteiger partial charge in [-0.25, -0.2) is 9.78 Å². The standard InChI is InChI=1S/C19H19N3O4/c1-9-15(11(3)23)10(2)20-16(9)19(25)26-12(4)17-21-14-8-6-5-7-13(14)18(24)22-17/h5-8,12,20H,1-4H3,(H,21,22,24)/t12-/m0/s1. The van der Waals surface area contributed by atoms with Gasteiger partial charge in [-0.1, -0.05) is 12.1 Å². The molecular weight excluding hydrogens is 334 g/mol. The number of ether oxygens (including phenoxy) is 1. The number of nitrogens with zero attached hydrogens (tertiary/aromatic N) is 1. The molecular formula is C19H19N3O4. The van der Waals surface area contributed by atoms with Crippen LogP contribution in [0, 0.1) is 13.8 Å². The highest BCUT2D eigenvalue weighted by molar-refractivity contribution is 6.01. The molecule has 2 aromatic heterocycles. The van der Waals surface area contributed by atoms with Crippen LogP contribution in [-0.4, -0.2) is 26.7 Å². The monoisotopic (exact) mass is 353 g/mol. The van der Waals surface area contributed by atoms with E-state index in [0.29, 0.717) is 27.7 Å². The Kier molecular flexibility index (Phi) is 4.46. The molecule has 134 valence electrons. The van der Waals surface area contributed by atoms with Crippen LogP contribution in [0.1, 0.15) is 57.9 Å². The quantitative estimate of drug-likeness (QED) is 0.554. The second-order valence-electron chi connectivity index (χ2n) is 6.20. The fourth-order valence-electron chi connectivity index (χ4n) is 3.05. The van der Waals surface area contributed by atoms with Crippen molar-refractivity contribution < 1.29 is 14.3 Å². The molecule has 0 aliphatic heterocycles. The van der Waals surface area contributed by atoms with Crippen molar-refractivity contribution in [1.29, 1.82) is 0 Å². The molecule has 7 heteroatoms. The SMILES string of the molecule is CC(=O)c1c(C)[nH]c(C(=O)O[C@@H](C)c2nc3ccccc3c(=O)[nH]2)c1C. The van der Waals surface area contributed by atoms with E-state index in [1.165, 1.54) is 6.92 Å². The molecule has 0 unspecified atom stereocenters. The number of hydrogen-bond acceptors (Lipinski definition) is 5. The van der Waals surface area contributed by atoms with Crippen LogP contribution in [-0.2, 0) is 4.74 Å². The Morgan fingerprint density at radius 1 is 1.15 bits per heavy atom. The number of hydrogen-bond donors (Lipinski definition) is 2. The number of rotatable bonds is 4. The minimum atomic E-state index is -0.761. The van der Waals surface area contributed by atoms with Crippen LogP contribution in [0.5, 0.6) is 0 Å². The summed E-state index contributed by atoms with van der Waals surface area (Å²) in [6, 6.07) is 6.94. The number of H-pyrrole nitrogens is 2. The normalized spacial score (nSPS) is 12.2. The van der Waals surface area contributed by atoms with E-state index in [1.54, 1.807) is 45.0 Å². The van der Waals surface area contributed by atoms with Gasteiger partial charge < -0.3 is 14.7 Å². The highest BCUT2D eigenvalue weighted by atomic mass is 16.5. The van der Waals surface area contributed by atoms with Gasteiger partial charge in [-0.3, -0.25) is 9.59 Å². The molecule has 0 spiro atoms. The zero-order valence-electron chi connectivity index (χ0n) is 15.0. The van der Waals surface area contributed by atoms with Crippen molar-refractivity contribution in [3.05, 3.63) is 63.0 Å². The van der Waals surface area contributed by atoms with Gasteiger partial charge in [0.2, 0.25) is 0 Å². The number of Topliss-reactive ketones (excluding diaryl/α,β-unsaturated/α-hetero) is 1. The summed E-state index contributed by atoms with van der Waals surface area (Å²) in [6.45, 7) is 6.50. The van der Waals surface area contributed by atoms with E-state index >= 15 is 0 Å². The zero-order chi connectivity index (χ0) is 19.0. The van der Waals surface area contributed by atoms with Crippen molar-refractivity contribution in [1.82, 2.24) is 15.0 Å². The zero-order valence-corrected chi connectivity index (χ0v) is 15.0. The van der Waals surface area contributed by atoms with Gasteiger partial charge in [0.15, 0.2) is 17.7 Å². The summed E-state index contributed by atoms with van der Waals surface area (Å²) in [5.41, 5.74) is 2.11. The highest BCUT2D eigenvalue weighted by Crippen LogP contribution is 2.22. The molecule has 0 saturated heterocycles. The molecule has 1 aromatic carbocycles. The van der Waals surface area contributed by atoms with Crippen molar-refractivity contribution in [2.24, 2.45) is 0 Å². The molecule has 0 amide bonds. The van der Waals surface area contributed by atoms with Crippen LogP contribution < -0.4 is 5.56 Å². The topological polar surface area (TPSA) is 105 Å².